The number of nitrogens with zero attached hydrogens (tertiary/aromatic N) is 1. The molecule has 0 bridgehead atoms. The van der Waals surface area contributed by atoms with E-state index in [0.717, 1.165) is 31.7 Å². The van der Waals surface area contributed by atoms with E-state index in [1.165, 1.54) is 24.1 Å². The second-order valence-corrected chi connectivity index (χ2v) is 4.72. The van der Waals surface area contributed by atoms with Crippen molar-refractivity contribution >= 4 is 5.82 Å². The van der Waals surface area contributed by atoms with E-state index in [2.05, 4.69) is 29.4 Å². The Balaban J connectivity index is 1.90. The van der Waals surface area contributed by atoms with Crippen LogP contribution in [0.3, 0.4) is 0 Å². The second-order valence-electron chi connectivity index (χ2n) is 4.72. The van der Waals surface area contributed by atoms with Crippen molar-refractivity contribution in [2.45, 2.75) is 32.6 Å². The van der Waals surface area contributed by atoms with Gasteiger partial charge in [0.1, 0.15) is 5.82 Å². The molecule has 1 aromatic rings. The Bertz CT molecular complexity index is 349. The fourth-order valence-corrected chi connectivity index (χ4v) is 2.18. The fourth-order valence-electron chi connectivity index (χ4n) is 2.18. The number of anilines is 1. The highest BCUT2D eigenvalue weighted by Gasteiger charge is 2.12. The Labute approximate surface area is 97.5 Å². The van der Waals surface area contributed by atoms with Gasteiger partial charge in [-0.15, -0.1) is 0 Å². The molecule has 2 rings (SSSR count). The summed E-state index contributed by atoms with van der Waals surface area (Å²) in [4.78, 5) is 4.64. The normalized spacial score (nSPS) is 15.9. The molecule has 1 unspecified atom stereocenters. The topological polar surface area (TPSA) is 50.9 Å². The summed E-state index contributed by atoms with van der Waals surface area (Å²) in [6.45, 7) is 3.94. The quantitative estimate of drug-likeness (QED) is 0.796. The van der Waals surface area contributed by atoms with Gasteiger partial charge in [-0.1, -0.05) is 13.0 Å². The molecule has 0 fully saturated rings. The summed E-state index contributed by atoms with van der Waals surface area (Å²) in [7, 11) is 0. The van der Waals surface area contributed by atoms with Crippen LogP contribution in [0.5, 0.6) is 0 Å². The minimum atomic E-state index is 0.611. The van der Waals surface area contributed by atoms with Crippen LogP contribution in [-0.2, 0) is 12.8 Å². The molecule has 3 nitrogen and oxygen atoms in total. The number of nitrogens with one attached hydrogen (secondary N) is 1. The minimum absolute atomic E-state index is 0.611. The highest BCUT2D eigenvalue weighted by atomic mass is 15.0. The molecule has 0 spiro atoms. The third-order valence-corrected chi connectivity index (χ3v) is 3.22. The number of pyridine rings is 1. The summed E-state index contributed by atoms with van der Waals surface area (Å²) in [6, 6.07) is 4.31. The summed E-state index contributed by atoms with van der Waals surface area (Å²) in [5.74, 6) is 1.63. The maximum absolute atomic E-state index is 5.53. The van der Waals surface area contributed by atoms with Gasteiger partial charge < -0.3 is 11.1 Å². The van der Waals surface area contributed by atoms with Gasteiger partial charge in [0.25, 0.3) is 0 Å². The molecule has 1 aliphatic carbocycles. The number of hydrogen-bond donors (Lipinski definition) is 2. The fraction of sp³-hybridized carbons (Fsp3) is 0.615. The predicted molar refractivity (Wildman–Crippen MR) is 67.6 cm³/mol. The highest BCUT2D eigenvalue weighted by Crippen LogP contribution is 2.21. The summed E-state index contributed by atoms with van der Waals surface area (Å²) >= 11 is 0. The average molecular weight is 219 g/mol. The molecule has 0 radical (unpaired) electrons. The Morgan fingerprint density at radius 2 is 2.31 bits per heavy atom. The van der Waals surface area contributed by atoms with Gasteiger partial charge in [-0.3, -0.25) is 0 Å². The molecule has 0 aliphatic heterocycles. The Kier molecular flexibility index (Phi) is 3.78. The van der Waals surface area contributed by atoms with Crippen molar-refractivity contribution in [2.24, 2.45) is 11.7 Å². The number of aryl methyl sites for hydroxylation is 2. The number of rotatable bonds is 5. The molecule has 1 heterocycles. The van der Waals surface area contributed by atoms with Gasteiger partial charge in [-0.2, -0.15) is 0 Å². The Morgan fingerprint density at radius 3 is 3.12 bits per heavy atom. The SMILES string of the molecule is CC(CCN)CNc1ccc2c(n1)CCC2. The third kappa shape index (κ3) is 2.73. The van der Waals surface area contributed by atoms with Gasteiger partial charge in [0.15, 0.2) is 0 Å². The van der Waals surface area contributed by atoms with E-state index in [9.17, 15) is 0 Å². The van der Waals surface area contributed by atoms with Crippen molar-refractivity contribution < 1.29 is 0 Å². The molecular weight excluding hydrogens is 198 g/mol. The van der Waals surface area contributed by atoms with Crippen molar-refractivity contribution in [1.82, 2.24) is 4.98 Å². The zero-order chi connectivity index (χ0) is 11.4. The first-order chi connectivity index (χ1) is 7.79. The third-order valence-electron chi connectivity index (χ3n) is 3.22. The predicted octanol–water partition coefficient (Wildman–Crippen LogP) is 1.97. The summed E-state index contributed by atoms with van der Waals surface area (Å²) < 4.78 is 0. The zero-order valence-corrected chi connectivity index (χ0v) is 10.00. The van der Waals surface area contributed by atoms with Crippen LogP contribution < -0.4 is 11.1 Å². The van der Waals surface area contributed by atoms with E-state index in [1.807, 2.05) is 0 Å². The van der Waals surface area contributed by atoms with Crippen molar-refractivity contribution in [1.29, 1.82) is 0 Å². The van der Waals surface area contributed by atoms with E-state index < -0.39 is 0 Å². The van der Waals surface area contributed by atoms with Gasteiger partial charge in [-0.25, -0.2) is 4.98 Å². The zero-order valence-electron chi connectivity index (χ0n) is 10.00. The van der Waals surface area contributed by atoms with Gasteiger partial charge in [0.05, 0.1) is 0 Å². The minimum Gasteiger partial charge on any atom is -0.370 e. The molecule has 0 amide bonds. The lowest BCUT2D eigenvalue weighted by Crippen LogP contribution is -2.16. The summed E-state index contributed by atoms with van der Waals surface area (Å²) in [5.41, 5.74) is 8.25. The van der Waals surface area contributed by atoms with Crippen LogP contribution in [0.25, 0.3) is 0 Å². The molecule has 1 atom stereocenters. The molecule has 3 N–H and O–H groups in total. The maximum atomic E-state index is 5.53. The first-order valence-electron chi connectivity index (χ1n) is 6.22. The molecule has 1 aliphatic rings. The molecule has 3 heteroatoms. The van der Waals surface area contributed by atoms with Gasteiger partial charge >= 0.3 is 0 Å². The maximum Gasteiger partial charge on any atom is 0.126 e. The summed E-state index contributed by atoms with van der Waals surface area (Å²) in [5, 5.41) is 3.39. The van der Waals surface area contributed by atoms with Crippen LogP contribution in [0, 0.1) is 5.92 Å². The molecule has 0 saturated carbocycles. The van der Waals surface area contributed by atoms with Crippen LogP contribution in [0.15, 0.2) is 12.1 Å². The standard InChI is InChI=1S/C13H21N3/c1-10(7-8-14)9-15-13-6-5-11-3-2-4-12(11)16-13/h5-6,10H,2-4,7-9,14H2,1H3,(H,15,16). The van der Waals surface area contributed by atoms with Crippen LogP contribution in [0.1, 0.15) is 31.0 Å². The number of fused-ring (bicyclic) bond motifs is 1. The Morgan fingerprint density at radius 1 is 1.44 bits per heavy atom. The van der Waals surface area contributed by atoms with E-state index in [-0.39, 0.29) is 0 Å². The van der Waals surface area contributed by atoms with Crippen LogP contribution in [0.2, 0.25) is 0 Å². The second kappa shape index (κ2) is 5.30. The van der Waals surface area contributed by atoms with E-state index in [0.29, 0.717) is 5.92 Å². The number of nitrogens with two attached hydrogens (primary N) is 1. The average Bonchev–Trinajstić information content (AvgIpc) is 2.74. The lowest BCUT2D eigenvalue weighted by molar-refractivity contribution is 0.567. The smallest absolute Gasteiger partial charge is 0.126 e. The monoisotopic (exact) mass is 219 g/mol. The van der Waals surface area contributed by atoms with Gasteiger partial charge in [-0.05, 0) is 49.8 Å². The van der Waals surface area contributed by atoms with Crippen molar-refractivity contribution in [3.8, 4) is 0 Å². The molecule has 0 aromatic carbocycles. The van der Waals surface area contributed by atoms with E-state index in [4.69, 9.17) is 5.73 Å². The molecule has 16 heavy (non-hydrogen) atoms. The molecule has 0 saturated heterocycles. The van der Waals surface area contributed by atoms with Crippen molar-refractivity contribution in [3.63, 3.8) is 0 Å². The largest absolute Gasteiger partial charge is 0.370 e. The molecular formula is C13H21N3. The lowest BCUT2D eigenvalue weighted by atomic mass is 10.1. The van der Waals surface area contributed by atoms with Crippen molar-refractivity contribution in [3.05, 3.63) is 23.4 Å². The van der Waals surface area contributed by atoms with Crippen LogP contribution >= 0.6 is 0 Å². The number of aromatic nitrogens is 1. The van der Waals surface area contributed by atoms with E-state index >= 15 is 0 Å². The highest BCUT2D eigenvalue weighted by molar-refractivity contribution is 5.40. The number of hydrogen-bond acceptors (Lipinski definition) is 3. The Hall–Kier alpha value is -1.09. The van der Waals surface area contributed by atoms with Gasteiger partial charge in [0.2, 0.25) is 0 Å². The summed E-state index contributed by atoms with van der Waals surface area (Å²) in [6.07, 6.45) is 4.67. The van der Waals surface area contributed by atoms with Gasteiger partial charge in [0, 0.05) is 12.2 Å². The van der Waals surface area contributed by atoms with Crippen LogP contribution in [-0.4, -0.2) is 18.1 Å². The molecule has 1 aromatic heterocycles. The van der Waals surface area contributed by atoms with Crippen LogP contribution in [0.4, 0.5) is 5.82 Å². The van der Waals surface area contributed by atoms with E-state index in [1.54, 1.807) is 0 Å². The first-order valence-corrected chi connectivity index (χ1v) is 6.22. The first kappa shape index (κ1) is 11.4. The van der Waals surface area contributed by atoms with Crippen molar-refractivity contribution in [2.75, 3.05) is 18.4 Å². The molecule has 88 valence electrons. The lowest BCUT2D eigenvalue weighted by Gasteiger charge is -2.12.